The first kappa shape index (κ1) is 23.5. The maximum Gasteiger partial charge on any atom is 0.392 e. The third kappa shape index (κ3) is 5.49. The third-order valence-corrected chi connectivity index (χ3v) is 6.89. The summed E-state index contributed by atoms with van der Waals surface area (Å²) in [5.41, 5.74) is 1.46. The van der Waals surface area contributed by atoms with Crippen molar-refractivity contribution >= 4 is 5.97 Å². The molecule has 178 valence electrons. The van der Waals surface area contributed by atoms with Crippen molar-refractivity contribution in [1.29, 1.82) is 0 Å². The number of nitrogens with zero attached hydrogens (tertiary/aromatic N) is 1. The van der Waals surface area contributed by atoms with Gasteiger partial charge in [0.2, 0.25) is 6.36 Å². The van der Waals surface area contributed by atoms with Gasteiger partial charge in [0.05, 0.1) is 5.92 Å². The Morgan fingerprint density at radius 2 is 1.73 bits per heavy atom. The minimum atomic E-state index is -4.14. The van der Waals surface area contributed by atoms with Crippen LogP contribution in [0.4, 0.5) is 17.6 Å². The van der Waals surface area contributed by atoms with E-state index in [1.165, 1.54) is 12.1 Å². The number of aromatic carboxylic acids is 1. The van der Waals surface area contributed by atoms with Gasteiger partial charge < -0.3 is 14.7 Å². The van der Waals surface area contributed by atoms with Crippen molar-refractivity contribution in [2.45, 2.75) is 38.2 Å². The molecule has 3 atom stereocenters. The molecule has 4 nitrogen and oxygen atoms in total. The molecule has 1 aliphatic heterocycles. The minimum Gasteiger partial charge on any atom is -0.478 e. The Labute approximate surface area is 190 Å². The Hall–Kier alpha value is -2.61. The number of carboxylic acid groups (broad SMARTS) is 1. The molecule has 8 heteroatoms. The van der Waals surface area contributed by atoms with Crippen LogP contribution in [0.15, 0.2) is 48.5 Å². The van der Waals surface area contributed by atoms with Gasteiger partial charge in [-0.2, -0.15) is 13.2 Å². The summed E-state index contributed by atoms with van der Waals surface area (Å²) in [5, 5.41) is 9.49. The Morgan fingerprint density at radius 1 is 1.03 bits per heavy atom. The van der Waals surface area contributed by atoms with Gasteiger partial charge in [-0.25, -0.2) is 9.18 Å². The van der Waals surface area contributed by atoms with Crippen molar-refractivity contribution in [3.8, 4) is 16.9 Å². The lowest BCUT2D eigenvalue weighted by molar-refractivity contribution is -0.215. The summed E-state index contributed by atoms with van der Waals surface area (Å²) in [6.45, 7) is 1.40. The summed E-state index contributed by atoms with van der Waals surface area (Å²) in [7, 11) is 0. The van der Waals surface area contributed by atoms with Crippen molar-refractivity contribution in [2.75, 3.05) is 19.6 Å². The highest BCUT2D eigenvalue weighted by molar-refractivity contribution is 5.92. The Bertz CT molecular complexity index is 958. The molecule has 3 unspecified atom stereocenters. The second-order valence-electron chi connectivity index (χ2n) is 8.97. The summed E-state index contributed by atoms with van der Waals surface area (Å²) in [6.07, 6.45) is -4.16. The first-order chi connectivity index (χ1) is 15.7. The van der Waals surface area contributed by atoms with Gasteiger partial charge in [-0.3, -0.25) is 0 Å². The van der Waals surface area contributed by atoms with Gasteiger partial charge in [0.25, 0.3) is 0 Å². The van der Waals surface area contributed by atoms with Crippen LogP contribution in [0.2, 0.25) is 0 Å². The van der Waals surface area contributed by atoms with Gasteiger partial charge in [0, 0.05) is 12.5 Å². The maximum atomic E-state index is 15.1. The number of hydrogen-bond donors (Lipinski definition) is 1. The van der Waals surface area contributed by atoms with Crippen LogP contribution in [0.5, 0.6) is 5.75 Å². The fourth-order valence-corrected chi connectivity index (χ4v) is 4.77. The number of ether oxygens (including phenoxy) is 1. The lowest BCUT2D eigenvalue weighted by Crippen LogP contribution is -2.47. The maximum absolute atomic E-state index is 15.1. The average molecular weight is 465 g/mol. The van der Waals surface area contributed by atoms with E-state index in [9.17, 15) is 23.1 Å². The van der Waals surface area contributed by atoms with Crippen LogP contribution >= 0.6 is 0 Å². The molecule has 33 heavy (non-hydrogen) atoms. The van der Waals surface area contributed by atoms with E-state index in [0.29, 0.717) is 38.9 Å². The van der Waals surface area contributed by atoms with Crippen molar-refractivity contribution < 1.29 is 32.2 Å². The molecule has 1 N–H and O–H groups in total. The number of benzene rings is 2. The van der Waals surface area contributed by atoms with Crippen molar-refractivity contribution in [3.05, 3.63) is 54.1 Å². The quantitative estimate of drug-likeness (QED) is 0.508. The molecule has 0 spiro atoms. The zero-order chi connectivity index (χ0) is 23.6. The van der Waals surface area contributed by atoms with E-state index in [0.717, 1.165) is 11.1 Å². The lowest BCUT2D eigenvalue weighted by atomic mass is 9.72. The highest BCUT2D eigenvalue weighted by Gasteiger charge is 2.50. The lowest BCUT2D eigenvalue weighted by Gasteiger charge is -2.42. The molecule has 1 saturated carbocycles. The molecule has 2 aromatic rings. The molecule has 0 bridgehead atoms. The molecule has 2 fully saturated rings. The zero-order valence-corrected chi connectivity index (χ0v) is 18.1. The number of alkyl halides is 4. The highest BCUT2D eigenvalue weighted by Crippen LogP contribution is 2.46. The van der Waals surface area contributed by atoms with E-state index in [1.807, 2.05) is 35.2 Å². The van der Waals surface area contributed by atoms with Gasteiger partial charge in [-0.15, -0.1) is 0 Å². The molecular formula is C25H27F4NO3. The van der Waals surface area contributed by atoms with Crippen LogP contribution < -0.4 is 4.74 Å². The van der Waals surface area contributed by atoms with E-state index < -0.39 is 30.3 Å². The van der Waals surface area contributed by atoms with Gasteiger partial charge in [0.1, 0.15) is 11.3 Å². The molecule has 0 radical (unpaired) electrons. The number of carboxylic acids is 1. The van der Waals surface area contributed by atoms with Crippen molar-refractivity contribution in [3.63, 3.8) is 0 Å². The number of rotatable bonds is 7. The SMILES string of the molecule is O=C(O)c1ccc(-c2ccccc2)cc1OC(F)C1CCN(CC2CCC2C(F)(F)F)CC1. The number of carbonyl (C=O) groups is 1. The monoisotopic (exact) mass is 465 g/mol. The standard InChI is InChI=1S/C25H27F4NO3/c26-23(17-10-12-30(13-11-17)15-19-7-9-21(19)25(27,28)29)33-22-14-18(6-8-20(22)24(31)32)16-4-2-1-3-5-16/h1-6,8,14,17,19,21,23H,7,9-13,15H2,(H,31,32). The second-order valence-corrected chi connectivity index (χ2v) is 8.97. The molecule has 1 heterocycles. The summed E-state index contributed by atoms with van der Waals surface area (Å²) >= 11 is 0. The molecule has 1 aliphatic carbocycles. The molecule has 2 aromatic carbocycles. The number of piperidine rings is 1. The molecule has 0 amide bonds. The molecule has 4 rings (SSSR count). The van der Waals surface area contributed by atoms with Crippen LogP contribution in [-0.4, -0.2) is 48.1 Å². The van der Waals surface area contributed by atoms with Gasteiger partial charge in [0.15, 0.2) is 0 Å². The molecule has 0 aromatic heterocycles. The van der Waals surface area contributed by atoms with Gasteiger partial charge in [-0.05, 0) is 68.0 Å². The van der Waals surface area contributed by atoms with E-state index >= 15 is 4.39 Å². The minimum absolute atomic E-state index is 0.0266. The highest BCUT2D eigenvalue weighted by atomic mass is 19.4. The van der Waals surface area contributed by atoms with Crippen molar-refractivity contribution in [2.24, 2.45) is 17.8 Å². The Kier molecular flexibility index (Phi) is 6.93. The van der Waals surface area contributed by atoms with E-state index in [2.05, 4.69) is 0 Å². The topological polar surface area (TPSA) is 49.8 Å². The summed E-state index contributed by atoms with van der Waals surface area (Å²) in [5.74, 6) is -3.27. The second kappa shape index (κ2) is 9.71. The van der Waals surface area contributed by atoms with E-state index in [-0.39, 0.29) is 23.7 Å². The van der Waals surface area contributed by atoms with E-state index in [4.69, 9.17) is 4.74 Å². The number of likely N-dealkylation sites (tertiary alicyclic amines) is 1. The Morgan fingerprint density at radius 3 is 2.30 bits per heavy atom. The van der Waals surface area contributed by atoms with E-state index in [1.54, 1.807) is 6.07 Å². The van der Waals surface area contributed by atoms with Crippen LogP contribution in [0.25, 0.3) is 11.1 Å². The number of halogens is 4. The first-order valence-electron chi connectivity index (χ1n) is 11.2. The zero-order valence-electron chi connectivity index (χ0n) is 18.1. The Balaban J connectivity index is 1.37. The van der Waals surface area contributed by atoms with Crippen LogP contribution in [0, 0.1) is 17.8 Å². The van der Waals surface area contributed by atoms with Crippen LogP contribution in [0.1, 0.15) is 36.0 Å². The molecule has 2 aliphatic rings. The van der Waals surface area contributed by atoms with Gasteiger partial charge >= 0.3 is 12.1 Å². The first-order valence-corrected chi connectivity index (χ1v) is 11.2. The smallest absolute Gasteiger partial charge is 0.392 e. The summed E-state index contributed by atoms with van der Waals surface area (Å²) in [4.78, 5) is 13.6. The average Bonchev–Trinajstić information content (AvgIpc) is 2.76. The fourth-order valence-electron chi connectivity index (χ4n) is 4.77. The van der Waals surface area contributed by atoms with Gasteiger partial charge in [-0.1, -0.05) is 36.4 Å². The fraction of sp³-hybridized carbons (Fsp3) is 0.480. The molecular weight excluding hydrogens is 438 g/mol. The molecule has 1 saturated heterocycles. The summed E-state index contributed by atoms with van der Waals surface area (Å²) < 4.78 is 59.5. The normalized spacial score (nSPS) is 23.0. The largest absolute Gasteiger partial charge is 0.478 e. The van der Waals surface area contributed by atoms with Crippen LogP contribution in [0.3, 0.4) is 0 Å². The van der Waals surface area contributed by atoms with Crippen molar-refractivity contribution in [1.82, 2.24) is 4.90 Å². The number of hydrogen-bond acceptors (Lipinski definition) is 3. The predicted molar refractivity (Wildman–Crippen MR) is 116 cm³/mol. The van der Waals surface area contributed by atoms with Crippen LogP contribution in [-0.2, 0) is 0 Å². The predicted octanol–water partition coefficient (Wildman–Crippen LogP) is 6.03. The summed E-state index contributed by atoms with van der Waals surface area (Å²) in [6, 6.07) is 13.9. The third-order valence-electron chi connectivity index (χ3n) is 6.89.